The molecule has 18 heavy (non-hydrogen) atoms. The van der Waals surface area contributed by atoms with E-state index in [0.717, 1.165) is 25.0 Å². The van der Waals surface area contributed by atoms with Crippen molar-refractivity contribution in [2.45, 2.75) is 4.90 Å². The van der Waals surface area contributed by atoms with Gasteiger partial charge in [0.15, 0.2) is 16.1 Å². The standard InChI is InChI=1S/C12H15NO4S/c1-18(15,16)12-8-11(3-2-10(12)9-14)13-4-6-17-7-5-13/h2-3,8-9H,4-7H2,1H3. The van der Waals surface area contributed by atoms with Gasteiger partial charge in [0.1, 0.15) is 0 Å². The SMILES string of the molecule is CS(=O)(=O)c1cc(N2CCOCC2)ccc1C=O. The van der Waals surface area contributed by atoms with Crippen LogP contribution < -0.4 is 4.90 Å². The predicted octanol–water partition coefficient (Wildman–Crippen LogP) is 0.739. The fourth-order valence-corrected chi connectivity index (χ4v) is 2.84. The van der Waals surface area contributed by atoms with Crippen LogP contribution in [-0.2, 0) is 14.6 Å². The van der Waals surface area contributed by atoms with Crippen molar-refractivity contribution >= 4 is 21.8 Å². The number of morpholine rings is 1. The van der Waals surface area contributed by atoms with Crippen LogP contribution in [0.4, 0.5) is 5.69 Å². The van der Waals surface area contributed by atoms with E-state index in [4.69, 9.17) is 4.74 Å². The van der Waals surface area contributed by atoms with Gasteiger partial charge in [-0.3, -0.25) is 4.79 Å². The highest BCUT2D eigenvalue weighted by molar-refractivity contribution is 7.90. The largest absolute Gasteiger partial charge is 0.378 e. The summed E-state index contributed by atoms with van der Waals surface area (Å²) in [5.41, 5.74) is 1.01. The van der Waals surface area contributed by atoms with Crippen LogP contribution in [0.1, 0.15) is 10.4 Å². The van der Waals surface area contributed by atoms with Crippen molar-refractivity contribution in [1.82, 2.24) is 0 Å². The number of ether oxygens (including phenoxy) is 1. The average Bonchev–Trinajstić information content (AvgIpc) is 2.38. The molecule has 2 rings (SSSR count). The molecule has 0 saturated carbocycles. The number of aldehydes is 1. The number of carbonyl (C=O) groups is 1. The van der Waals surface area contributed by atoms with Gasteiger partial charge in [-0.15, -0.1) is 0 Å². The summed E-state index contributed by atoms with van der Waals surface area (Å²) < 4.78 is 28.5. The molecule has 0 bridgehead atoms. The Morgan fingerprint density at radius 2 is 1.94 bits per heavy atom. The highest BCUT2D eigenvalue weighted by Crippen LogP contribution is 2.23. The number of rotatable bonds is 3. The molecular weight excluding hydrogens is 254 g/mol. The maximum absolute atomic E-state index is 11.6. The molecule has 1 heterocycles. The van der Waals surface area contributed by atoms with Gasteiger partial charge in [0.05, 0.1) is 18.1 Å². The molecule has 0 amide bonds. The zero-order valence-electron chi connectivity index (χ0n) is 10.1. The monoisotopic (exact) mass is 269 g/mol. The zero-order chi connectivity index (χ0) is 13.2. The Morgan fingerprint density at radius 3 is 2.50 bits per heavy atom. The van der Waals surface area contributed by atoms with Crippen LogP contribution in [0.2, 0.25) is 0 Å². The molecule has 1 aromatic carbocycles. The minimum Gasteiger partial charge on any atom is -0.378 e. The molecule has 0 aliphatic carbocycles. The van der Waals surface area contributed by atoms with Crippen LogP contribution in [0.25, 0.3) is 0 Å². The summed E-state index contributed by atoms with van der Waals surface area (Å²) >= 11 is 0. The third kappa shape index (κ3) is 2.70. The van der Waals surface area contributed by atoms with E-state index in [1.807, 2.05) is 4.90 Å². The van der Waals surface area contributed by atoms with Gasteiger partial charge >= 0.3 is 0 Å². The molecule has 0 radical (unpaired) electrons. The van der Waals surface area contributed by atoms with Crippen LogP contribution in [0.3, 0.4) is 0 Å². The fraction of sp³-hybridized carbons (Fsp3) is 0.417. The lowest BCUT2D eigenvalue weighted by Crippen LogP contribution is -2.36. The van der Waals surface area contributed by atoms with E-state index in [0.29, 0.717) is 19.5 Å². The van der Waals surface area contributed by atoms with Gasteiger partial charge in [0.25, 0.3) is 0 Å². The lowest BCUT2D eigenvalue weighted by Gasteiger charge is -2.29. The Hall–Kier alpha value is -1.40. The molecule has 1 aliphatic rings. The van der Waals surface area contributed by atoms with Crippen LogP contribution in [0, 0.1) is 0 Å². The normalized spacial score (nSPS) is 16.6. The third-order valence-corrected chi connectivity index (χ3v) is 4.05. The summed E-state index contributed by atoms with van der Waals surface area (Å²) in [7, 11) is -3.40. The number of hydrogen-bond donors (Lipinski definition) is 0. The van der Waals surface area contributed by atoms with Crippen LogP contribution in [0.15, 0.2) is 23.1 Å². The average molecular weight is 269 g/mol. The molecule has 0 atom stereocenters. The summed E-state index contributed by atoms with van der Waals surface area (Å²) in [5.74, 6) is 0. The molecule has 5 nitrogen and oxygen atoms in total. The van der Waals surface area contributed by atoms with Crippen molar-refractivity contribution in [3.8, 4) is 0 Å². The van der Waals surface area contributed by atoms with Crippen molar-refractivity contribution in [2.75, 3.05) is 37.5 Å². The molecule has 6 heteroatoms. The molecule has 0 unspecified atom stereocenters. The fourth-order valence-electron chi connectivity index (χ4n) is 1.96. The van der Waals surface area contributed by atoms with E-state index in [1.54, 1.807) is 18.2 Å². The maximum Gasteiger partial charge on any atom is 0.176 e. The molecule has 1 aliphatic heterocycles. The van der Waals surface area contributed by atoms with E-state index in [1.165, 1.54) is 0 Å². The molecule has 1 aromatic rings. The summed E-state index contributed by atoms with van der Waals surface area (Å²) in [6.07, 6.45) is 1.68. The third-order valence-electron chi connectivity index (χ3n) is 2.90. The highest BCUT2D eigenvalue weighted by Gasteiger charge is 2.17. The first-order valence-corrected chi connectivity index (χ1v) is 7.53. The Kier molecular flexibility index (Phi) is 3.68. The van der Waals surface area contributed by atoms with E-state index in [-0.39, 0.29) is 10.5 Å². The summed E-state index contributed by atoms with van der Waals surface area (Å²) in [4.78, 5) is 13.0. The number of benzene rings is 1. The Bertz CT molecular complexity index is 547. The van der Waals surface area contributed by atoms with Gasteiger partial charge in [0.2, 0.25) is 0 Å². The molecule has 98 valence electrons. The van der Waals surface area contributed by atoms with E-state index in [9.17, 15) is 13.2 Å². The number of anilines is 1. The van der Waals surface area contributed by atoms with Gasteiger partial charge in [-0.1, -0.05) is 0 Å². The van der Waals surface area contributed by atoms with Crippen LogP contribution >= 0.6 is 0 Å². The van der Waals surface area contributed by atoms with Gasteiger partial charge in [-0.05, 0) is 18.2 Å². The second-order valence-electron chi connectivity index (χ2n) is 4.21. The number of hydrogen-bond acceptors (Lipinski definition) is 5. The van der Waals surface area contributed by atoms with Crippen LogP contribution in [-0.4, -0.2) is 47.3 Å². The summed E-state index contributed by atoms with van der Waals surface area (Å²) in [5, 5.41) is 0. The first-order valence-electron chi connectivity index (χ1n) is 5.64. The van der Waals surface area contributed by atoms with E-state index in [2.05, 4.69) is 0 Å². The number of sulfone groups is 1. The van der Waals surface area contributed by atoms with E-state index < -0.39 is 9.84 Å². The first-order chi connectivity index (χ1) is 8.52. The summed E-state index contributed by atoms with van der Waals surface area (Å²) in [6, 6.07) is 4.88. The van der Waals surface area contributed by atoms with Gasteiger partial charge in [-0.2, -0.15) is 0 Å². The number of carbonyl (C=O) groups excluding carboxylic acids is 1. The van der Waals surface area contributed by atoms with Crippen molar-refractivity contribution in [1.29, 1.82) is 0 Å². The Labute approximate surface area is 106 Å². The lowest BCUT2D eigenvalue weighted by atomic mass is 10.2. The highest BCUT2D eigenvalue weighted by atomic mass is 32.2. The molecule has 1 fully saturated rings. The molecule has 0 spiro atoms. The van der Waals surface area contributed by atoms with Crippen molar-refractivity contribution < 1.29 is 17.9 Å². The van der Waals surface area contributed by atoms with Gasteiger partial charge in [0, 0.05) is 30.6 Å². The minimum atomic E-state index is -3.40. The maximum atomic E-state index is 11.6. The van der Waals surface area contributed by atoms with Crippen molar-refractivity contribution in [2.24, 2.45) is 0 Å². The van der Waals surface area contributed by atoms with Gasteiger partial charge in [-0.25, -0.2) is 8.42 Å². The Balaban J connectivity index is 2.42. The quantitative estimate of drug-likeness (QED) is 0.757. The molecule has 0 aromatic heterocycles. The van der Waals surface area contributed by atoms with Crippen molar-refractivity contribution in [3.05, 3.63) is 23.8 Å². The van der Waals surface area contributed by atoms with Crippen LogP contribution in [0.5, 0.6) is 0 Å². The number of nitrogens with zero attached hydrogens (tertiary/aromatic N) is 1. The first kappa shape index (κ1) is 13.0. The predicted molar refractivity (Wildman–Crippen MR) is 68.0 cm³/mol. The zero-order valence-corrected chi connectivity index (χ0v) is 10.9. The second kappa shape index (κ2) is 5.07. The smallest absolute Gasteiger partial charge is 0.176 e. The van der Waals surface area contributed by atoms with Gasteiger partial charge < -0.3 is 9.64 Å². The molecule has 0 N–H and O–H groups in total. The summed E-state index contributed by atoms with van der Waals surface area (Å²) in [6.45, 7) is 2.71. The minimum absolute atomic E-state index is 0.0847. The second-order valence-corrected chi connectivity index (χ2v) is 6.20. The molecular formula is C12H15NO4S. The Morgan fingerprint density at radius 1 is 1.28 bits per heavy atom. The van der Waals surface area contributed by atoms with Crippen molar-refractivity contribution in [3.63, 3.8) is 0 Å². The topological polar surface area (TPSA) is 63.7 Å². The lowest BCUT2D eigenvalue weighted by molar-refractivity contribution is 0.112. The molecule has 1 saturated heterocycles. The van der Waals surface area contributed by atoms with E-state index >= 15 is 0 Å².